The Labute approximate surface area is 164 Å². The van der Waals surface area contributed by atoms with Crippen molar-refractivity contribution in [2.45, 2.75) is 6.92 Å². The molecule has 1 N–H and O–H groups in total. The summed E-state index contributed by atoms with van der Waals surface area (Å²) in [6.07, 6.45) is 1.46. The fraction of sp³-hybridized carbons (Fsp3) is 0.105. The van der Waals surface area contributed by atoms with Crippen LogP contribution in [0.1, 0.15) is 12.5 Å². The lowest BCUT2D eigenvalue weighted by Gasteiger charge is -2.26. The SMILES string of the molecule is CCOc1cc(I)cc(/C=C2\C(=O)NC(=O)N(c3ccccc3)C2=O)c1. The largest absolute Gasteiger partial charge is 0.494 e. The van der Waals surface area contributed by atoms with Crippen LogP contribution in [0.2, 0.25) is 0 Å². The van der Waals surface area contributed by atoms with Gasteiger partial charge < -0.3 is 4.74 Å². The fourth-order valence-corrected chi connectivity index (χ4v) is 3.22. The zero-order chi connectivity index (χ0) is 18.7. The molecule has 2 aromatic carbocycles. The number of urea groups is 1. The predicted molar refractivity (Wildman–Crippen MR) is 106 cm³/mol. The fourth-order valence-electron chi connectivity index (χ4n) is 2.55. The van der Waals surface area contributed by atoms with Crippen molar-refractivity contribution in [3.05, 3.63) is 63.2 Å². The van der Waals surface area contributed by atoms with Gasteiger partial charge in [-0.25, -0.2) is 9.69 Å². The Balaban J connectivity index is 2.01. The van der Waals surface area contributed by atoms with Gasteiger partial charge in [-0.2, -0.15) is 0 Å². The zero-order valence-electron chi connectivity index (χ0n) is 13.9. The molecule has 0 unspecified atom stereocenters. The zero-order valence-corrected chi connectivity index (χ0v) is 16.0. The maximum absolute atomic E-state index is 12.8. The molecule has 1 aliphatic heterocycles. The van der Waals surface area contributed by atoms with E-state index in [0.29, 0.717) is 23.6 Å². The minimum atomic E-state index is -0.763. The second kappa shape index (κ2) is 7.69. The molecule has 1 saturated heterocycles. The van der Waals surface area contributed by atoms with Crippen LogP contribution in [0.25, 0.3) is 6.08 Å². The third-order valence-corrected chi connectivity index (χ3v) is 4.25. The average Bonchev–Trinajstić information content (AvgIpc) is 2.59. The summed E-state index contributed by atoms with van der Waals surface area (Å²) < 4.78 is 6.40. The van der Waals surface area contributed by atoms with Gasteiger partial charge in [0, 0.05) is 3.57 Å². The van der Waals surface area contributed by atoms with Gasteiger partial charge in [0.25, 0.3) is 11.8 Å². The molecule has 0 saturated carbocycles. The number of carbonyl (C=O) groups excluding carboxylic acids is 3. The number of anilines is 1. The highest BCUT2D eigenvalue weighted by Crippen LogP contribution is 2.24. The Bertz CT molecular complexity index is 909. The normalized spacial score (nSPS) is 16.0. The maximum Gasteiger partial charge on any atom is 0.335 e. The van der Waals surface area contributed by atoms with Gasteiger partial charge in [0.05, 0.1) is 12.3 Å². The average molecular weight is 462 g/mol. The van der Waals surface area contributed by atoms with Crippen LogP contribution in [-0.4, -0.2) is 24.5 Å². The van der Waals surface area contributed by atoms with Crippen molar-refractivity contribution in [2.24, 2.45) is 0 Å². The van der Waals surface area contributed by atoms with E-state index in [1.807, 2.05) is 19.1 Å². The lowest BCUT2D eigenvalue weighted by atomic mass is 10.1. The monoisotopic (exact) mass is 462 g/mol. The van der Waals surface area contributed by atoms with E-state index >= 15 is 0 Å². The number of barbiturate groups is 1. The van der Waals surface area contributed by atoms with Crippen molar-refractivity contribution in [3.8, 4) is 5.75 Å². The molecule has 3 rings (SSSR count). The summed E-state index contributed by atoms with van der Waals surface area (Å²) in [6.45, 7) is 2.38. The van der Waals surface area contributed by atoms with Crippen molar-refractivity contribution in [2.75, 3.05) is 11.5 Å². The summed E-state index contributed by atoms with van der Waals surface area (Å²) in [5, 5.41) is 2.21. The second-order valence-electron chi connectivity index (χ2n) is 5.45. The van der Waals surface area contributed by atoms with Crippen molar-refractivity contribution in [3.63, 3.8) is 0 Å². The molecule has 132 valence electrons. The van der Waals surface area contributed by atoms with Crippen LogP contribution in [0.3, 0.4) is 0 Å². The maximum atomic E-state index is 12.8. The Kier molecular flexibility index (Phi) is 5.36. The molecular weight excluding hydrogens is 447 g/mol. The Morgan fingerprint density at radius 3 is 2.54 bits per heavy atom. The number of para-hydroxylation sites is 1. The molecule has 26 heavy (non-hydrogen) atoms. The number of nitrogens with zero attached hydrogens (tertiary/aromatic N) is 1. The highest BCUT2D eigenvalue weighted by atomic mass is 127. The van der Waals surface area contributed by atoms with Gasteiger partial charge in [0.15, 0.2) is 0 Å². The number of carbonyl (C=O) groups is 3. The molecule has 0 aliphatic carbocycles. The van der Waals surface area contributed by atoms with E-state index in [1.54, 1.807) is 36.4 Å². The van der Waals surface area contributed by atoms with Gasteiger partial charge in [0.1, 0.15) is 11.3 Å². The number of rotatable bonds is 4. The third kappa shape index (κ3) is 3.77. The van der Waals surface area contributed by atoms with Crippen molar-refractivity contribution < 1.29 is 19.1 Å². The first kappa shape index (κ1) is 18.1. The van der Waals surface area contributed by atoms with Crippen LogP contribution in [0.5, 0.6) is 5.75 Å². The number of halogens is 1. The van der Waals surface area contributed by atoms with Gasteiger partial charge in [-0.05, 0) is 71.5 Å². The Morgan fingerprint density at radius 2 is 1.85 bits per heavy atom. The van der Waals surface area contributed by atoms with Crippen LogP contribution < -0.4 is 15.0 Å². The second-order valence-corrected chi connectivity index (χ2v) is 6.69. The molecule has 4 amide bonds. The molecule has 0 bridgehead atoms. The Morgan fingerprint density at radius 1 is 1.12 bits per heavy atom. The van der Waals surface area contributed by atoms with Crippen LogP contribution in [0, 0.1) is 3.57 Å². The third-order valence-electron chi connectivity index (χ3n) is 3.63. The van der Waals surface area contributed by atoms with Crippen LogP contribution in [-0.2, 0) is 9.59 Å². The quantitative estimate of drug-likeness (QED) is 0.430. The molecule has 1 aliphatic rings. The van der Waals surface area contributed by atoms with Gasteiger partial charge in [-0.15, -0.1) is 0 Å². The minimum Gasteiger partial charge on any atom is -0.494 e. The van der Waals surface area contributed by atoms with E-state index in [2.05, 4.69) is 27.9 Å². The topological polar surface area (TPSA) is 75.7 Å². The van der Waals surface area contributed by atoms with Crippen molar-refractivity contribution in [1.29, 1.82) is 0 Å². The predicted octanol–water partition coefficient (Wildman–Crippen LogP) is 3.36. The molecule has 2 aromatic rings. The first-order chi connectivity index (χ1) is 12.5. The first-order valence-electron chi connectivity index (χ1n) is 7.89. The minimum absolute atomic E-state index is 0.113. The number of hydrogen-bond acceptors (Lipinski definition) is 4. The van der Waals surface area contributed by atoms with E-state index in [-0.39, 0.29) is 5.57 Å². The number of amides is 4. The number of ether oxygens (including phenoxy) is 1. The van der Waals surface area contributed by atoms with E-state index in [0.717, 1.165) is 8.47 Å². The van der Waals surface area contributed by atoms with E-state index in [1.165, 1.54) is 6.08 Å². The van der Waals surface area contributed by atoms with Crippen molar-refractivity contribution >= 4 is 52.2 Å². The molecule has 0 aromatic heterocycles. The first-order valence-corrected chi connectivity index (χ1v) is 8.97. The summed E-state index contributed by atoms with van der Waals surface area (Å²) in [5.41, 5.74) is 0.921. The summed E-state index contributed by atoms with van der Waals surface area (Å²) in [4.78, 5) is 38.1. The summed E-state index contributed by atoms with van der Waals surface area (Å²) >= 11 is 2.13. The van der Waals surface area contributed by atoms with Gasteiger partial charge in [-0.1, -0.05) is 18.2 Å². The number of nitrogens with one attached hydrogen (secondary N) is 1. The van der Waals surface area contributed by atoms with E-state index in [9.17, 15) is 14.4 Å². The summed E-state index contributed by atoms with van der Waals surface area (Å²) in [6, 6.07) is 13.1. The number of imide groups is 2. The summed E-state index contributed by atoms with van der Waals surface area (Å²) in [5.74, 6) is -0.739. The van der Waals surface area contributed by atoms with Crippen LogP contribution in [0.15, 0.2) is 54.1 Å². The smallest absolute Gasteiger partial charge is 0.335 e. The molecule has 7 heteroatoms. The van der Waals surface area contributed by atoms with Crippen molar-refractivity contribution in [1.82, 2.24) is 5.32 Å². The van der Waals surface area contributed by atoms with Gasteiger partial charge in [-0.3, -0.25) is 14.9 Å². The summed E-state index contributed by atoms with van der Waals surface area (Å²) in [7, 11) is 0. The molecule has 0 atom stereocenters. The van der Waals surface area contributed by atoms with Gasteiger partial charge >= 0.3 is 6.03 Å². The molecule has 0 radical (unpaired) electrons. The van der Waals surface area contributed by atoms with Crippen LogP contribution >= 0.6 is 22.6 Å². The van der Waals surface area contributed by atoms with Crippen LogP contribution in [0.4, 0.5) is 10.5 Å². The molecule has 1 heterocycles. The molecule has 1 fully saturated rings. The number of hydrogen-bond donors (Lipinski definition) is 1. The van der Waals surface area contributed by atoms with Gasteiger partial charge in [0.2, 0.25) is 0 Å². The standard InChI is InChI=1S/C19H15IN2O4/c1-2-26-15-9-12(8-13(20)11-15)10-16-17(23)21-19(25)22(18(16)24)14-6-4-3-5-7-14/h3-11H,2H2,1H3,(H,21,23,25)/b16-10+. The lowest BCUT2D eigenvalue weighted by molar-refractivity contribution is -0.122. The van der Waals surface area contributed by atoms with E-state index < -0.39 is 17.8 Å². The molecular formula is C19H15IN2O4. The van der Waals surface area contributed by atoms with E-state index in [4.69, 9.17) is 4.74 Å². The molecule has 6 nitrogen and oxygen atoms in total. The number of benzene rings is 2. The highest BCUT2D eigenvalue weighted by Gasteiger charge is 2.36. The molecule has 0 spiro atoms. The lowest BCUT2D eigenvalue weighted by Crippen LogP contribution is -2.54. The Hall–Kier alpha value is -2.68. The highest BCUT2D eigenvalue weighted by molar-refractivity contribution is 14.1.